The molecule has 7 nitrogen and oxygen atoms in total. The molecule has 2 heterocycles. The number of halogens is 1. The molecular weight excluding hydrogens is 320 g/mol. The molecule has 0 radical (unpaired) electrons. The first-order chi connectivity index (χ1) is 9.77. The standard InChI is InChI=1S/C12H9ClN2O5S/c13-8-4-9-7(3-10(8)21(14,18)19)12(17)20-11-2-1-6(16)5-15(9)11/h1-4,11H,5H2,(H2,14,18,19). The van der Waals surface area contributed by atoms with E-state index in [2.05, 4.69) is 0 Å². The third-order valence-electron chi connectivity index (χ3n) is 3.19. The lowest BCUT2D eigenvalue weighted by atomic mass is 10.1. The summed E-state index contributed by atoms with van der Waals surface area (Å²) in [4.78, 5) is 24.6. The summed E-state index contributed by atoms with van der Waals surface area (Å²) in [6.45, 7) is 0.00645. The quantitative estimate of drug-likeness (QED) is 0.749. The fraction of sp³-hybridized carbons (Fsp3) is 0.167. The van der Waals surface area contributed by atoms with Gasteiger partial charge in [-0.25, -0.2) is 18.4 Å². The first kappa shape index (κ1) is 14.1. The predicted octanol–water partition coefficient (Wildman–Crippen LogP) is 0.429. The summed E-state index contributed by atoms with van der Waals surface area (Å²) >= 11 is 5.92. The van der Waals surface area contributed by atoms with Crippen LogP contribution in [0.4, 0.5) is 5.69 Å². The molecule has 21 heavy (non-hydrogen) atoms. The van der Waals surface area contributed by atoms with Crippen molar-refractivity contribution in [2.45, 2.75) is 11.1 Å². The van der Waals surface area contributed by atoms with Crippen LogP contribution < -0.4 is 10.0 Å². The first-order valence-electron chi connectivity index (χ1n) is 5.82. The van der Waals surface area contributed by atoms with Crippen LogP contribution >= 0.6 is 11.6 Å². The van der Waals surface area contributed by atoms with E-state index in [9.17, 15) is 18.0 Å². The highest BCUT2D eigenvalue weighted by Crippen LogP contribution is 2.36. The maximum Gasteiger partial charge on any atom is 0.342 e. The number of sulfonamides is 1. The van der Waals surface area contributed by atoms with Crippen LogP contribution in [0.15, 0.2) is 29.2 Å². The maximum absolute atomic E-state index is 12.0. The van der Waals surface area contributed by atoms with Gasteiger partial charge < -0.3 is 9.64 Å². The highest BCUT2D eigenvalue weighted by molar-refractivity contribution is 7.89. The van der Waals surface area contributed by atoms with Gasteiger partial charge >= 0.3 is 5.97 Å². The smallest absolute Gasteiger partial charge is 0.342 e. The van der Waals surface area contributed by atoms with E-state index in [1.54, 1.807) is 0 Å². The molecule has 1 aromatic rings. The molecule has 2 aliphatic heterocycles. The Kier molecular flexibility index (Phi) is 3.05. The highest BCUT2D eigenvalue weighted by atomic mass is 35.5. The summed E-state index contributed by atoms with van der Waals surface area (Å²) in [6, 6.07) is 2.37. The van der Waals surface area contributed by atoms with E-state index >= 15 is 0 Å². The lowest BCUT2D eigenvalue weighted by molar-refractivity contribution is -0.114. The van der Waals surface area contributed by atoms with Crippen molar-refractivity contribution < 1.29 is 22.7 Å². The van der Waals surface area contributed by atoms with Gasteiger partial charge in [0.2, 0.25) is 10.0 Å². The van der Waals surface area contributed by atoms with Crippen molar-refractivity contribution in [1.29, 1.82) is 0 Å². The third kappa shape index (κ3) is 2.31. The number of benzene rings is 1. The number of primary sulfonamides is 1. The van der Waals surface area contributed by atoms with E-state index in [1.165, 1.54) is 23.1 Å². The lowest BCUT2D eigenvalue weighted by Gasteiger charge is -2.37. The Bertz CT molecular complexity index is 802. The Labute approximate surface area is 125 Å². The molecule has 9 heteroatoms. The molecule has 1 aromatic carbocycles. The maximum atomic E-state index is 12.0. The topological polar surface area (TPSA) is 107 Å². The van der Waals surface area contributed by atoms with Crippen molar-refractivity contribution in [3.63, 3.8) is 0 Å². The minimum absolute atomic E-state index is 0.00257. The highest BCUT2D eigenvalue weighted by Gasteiger charge is 2.36. The molecule has 0 spiro atoms. The molecule has 2 N–H and O–H groups in total. The van der Waals surface area contributed by atoms with Gasteiger partial charge in [-0.3, -0.25) is 4.79 Å². The zero-order valence-electron chi connectivity index (χ0n) is 10.4. The number of ether oxygens (including phenoxy) is 1. The summed E-state index contributed by atoms with van der Waals surface area (Å²) in [5.41, 5.74) is 0.342. The molecular formula is C12H9ClN2O5S. The monoisotopic (exact) mass is 328 g/mol. The number of hydrogen-bond donors (Lipinski definition) is 1. The van der Waals surface area contributed by atoms with Crippen molar-refractivity contribution in [3.05, 3.63) is 34.9 Å². The van der Waals surface area contributed by atoms with E-state index < -0.39 is 22.2 Å². The van der Waals surface area contributed by atoms with Crippen LogP contribution in [0.5, 0.6) is 0 Å². The molecule has 1 unspecified atom stereocenters. The van der Waals surface area contributed by atoms with Crippen LogP contribution in [-0.4, -0.2) is 32.9 Å². The fourth-order valence-corrected chi connectivity index (χ4v) is 3.36. The van der Waals surface area contributed by atoms with E-state index in [0.717, 1.165) is 6.07 Å². The fourth-order valence-electron chi connectivity index (χ4n) is 2.26. The van der Waals surface area contributed by atoms with E-state index in [0.29, 0.717) is 5.69 Å². The zero-order chi connectivity index (χ0) is 15.4. The summed E-state index contributed by atoms with van der Waals surface area (Å²) < 4.78 is 28.0. The molecule has 3 rings (SSSR count). The van der Waals surface area contributed by atoms with Crippen LogP contribution in [0.25, 0.3) is 0 Å². The summed E-state index contributed by atoms with van der Waals surface area (Å²) in [6.07, 6.45) is 2.08. The Hall–Kier alpha value is -1.90. The second-order valence-electron chi connectivity index (χ2n) is 4.59. The van der Waals surface area contributed by atoms with Crippen LogP contribution in [0, 0.1) is 0 Å². The molecule has 0 saturated heterocycles. The molecule has 110 valence electrons. The molecule has 2 aliphatic rings. The molecule has 0 bridgehead atoms. The minimum Gasteiger partial charge on any atom is -0.434 e. The number of ketones is 1. The van der Waals surface area contributed by atoms with Crippen LogP contribution in [0.3, 0.4) is 0 Å². The average Bonchev–Trinajstić information content (AvgIpc) is 2.38. The van der Waals surface area contributed by atoms with Gasteiger partial charge in [0, 0.05) is 0 Å². The van der Waals surface area contributed by atoms with Crippen LogP contribution in [0.1, 0.15) is 10.4 Å². The Morgan fingerprint density at radius 2 is 2.05 bits per heavy atom. The number of hydrogen-bond acceptors (Lipinski definition) is 6. The van der Waals surface area contributed by atoms with Gasteiger partial charge in [0.1, 0.15) is 4.90 Å². The van der Waals surface area contributed by atoms with Crippen molar-refractivity contribution in [2.75, 3.05) is 11.4 Å². The normalized spacial score (nSPS) is 20.9. The van der Waals surface area contributed by atoms with Crippen LogP contribution in [0.2, 0.25) is 5.02 Å². The van der Waals surface area contributed by atoms with Crippen LogP contribution in [-0.2, 0) is 19.6 Å². The lowest BCUT2D eigenvalue weighted by Crippen LogP contribution is -2.47. The number of carbonyl (C=O) groups excluding carboxylic acids is 2. The molecule has 0 aliphatic carbocycles. The van der Waals surface area contributed by atoms with Gasteiger partial charge in [-0.15, -0.1) is 0 Å². The molecule has 0 aromatic heterocycles. The minimum atomic E-state index is -4.07. The number of fused-ring (bicyclic) bond motifs is 3. The molecule has 0 amide bonds. The largest absolute Gasteiger partial charge is 0.434 e. The van der Waals surface area contributed by atoms with E-state index in [1.807, 2.05) is 0 Å². The van der Waals surface area contributed by atoms with E-state index in [-0.39, 0.29) is 27.8 Å². The van der Waals surface area contributed by atoms with Gasteiger partial charge in [0.05, 0.1) is 22.8 Å². The van der Waals surface area contributed by atoms with Gasteiger partial charge in [0.25, 0.3) is 0 Å². The summed E-state index contributed by atoms with van der Waals surface area (Å²) in [5.74, 6) is -0.867. The molecule has 0 saturated carbocycles. The number of anilines is 1. The van der Waals surface area contributed by atoms with Gasteiger partial charge in [-0.05, 0) is 24.3 Å². The number of carbonyl (C=O) groups is 2. The van der Waals surface area contributed by atoms with Gasteiger partial charge in [-0.1, -0.05) is 11.6 Å². The molecule has 1 atom stereocenters. The Morgan fingerprint density at radius 3 is 2.71 bits per heavy atom. The Balaban J connectivity index is 2.20. The van der Waals surface area contributed by atoms with Crippen molar-refractivity contribution >= 4 is 39.1 Å². The number of nitrogens with two attached hydrogens (primary N) is 1. The van der Waals surface area contributed by atoms with Crippen molar-refractivity contribution in [1.82, 2.24) is 0 Å². The van der Waals surface area contributed by atoms with Gasteiger partial charge in [-0.2, -0.15) is 0 Å². The van der Waals surface area contributed by atoms with Crippen molar-refractivity contribution in [3.8, 4) is 0 Å². The van der Waals surface area contributed by atoms with E-state index in [4.69, 9.17) is 21.5 Å². The number of esters is 1. The zero-order valence-corrected chi connectivity index (χ0v) is 12.0. The number of nitrogens with zero attached hydrogens (tertiary/aromatic N) is 1. The van der Waals surface area contributed by atoms with Crippen molar-refractivity contribution in [2.24, 2.45) is 5.14 Å². The number of rotatable bonds is 1. The Morgan fingerprint density at radius 1 is 1.33 bits per heavy atom. The first-order valence-corrected chi connectivity index (χ1v) is 7.75. The second kappa shape index (κ2) is 4.55. The second-order valence-corrected chi connectivity index (χ2v) is 6.53. The summed E-state index contributed by atoms with van der Waals surface area (Å²) in [7, 11) is -4.07. The molecule has 0 fully saturated rings. The van der Waals surface area contributed by atoms with Gasteiger partial charge in [0.15, 0.2) is 12.0 Å². The summed E-state index contributed by atoms with van der Waals surface area (Å²) in [5, 5.41) is 4.93. The average molecular weight is 329 g/mol. The SMILES string of the molecule is NS(=O)(=O)c1cc2c(cc1Cl)N1CC(=O)C=CC1OC2=O. The third-order valence-corrected chi connectivity index (χ3v) is 4.57. The predicted molar refractivity (Wildman–Crippen MR) is 73.5 cm³/mol.